The van der Waals surface area contributed by atoms with E-state index in [-0.39, 0.29) is 17.6 Å². The minimum atomic E-state index is -1.04. The molecule has 4 rings (SSSR count). The normalized spacial score (nSPS) is 15.0. The maximum Gasteiger partial charge on any atom is 0.279 e. The molecule has 1 N–H and O–H groups in total. The van der Waals surface area contributed by atoms with Crippen LogP contribution in [0, 0.1) is 5.82 Å². The van der Waals surface area contributed by atoms with E-state index in [1.165, 1.54) is 47.8 Å². The van der Waals surface area contributed by atoms with E-state index < -0.39 is 17.8 Å². The summed E-state index contributed by atoms with van der Waals surface area (Å²) in [6.07, 6.45) is 9.26. The van der Waals surface area contributed by atoms with E-state index in [9.17, 15) is 14.0 Å². The van der Waals surface area contributed by atoms with Crippen LogP contribution in [-0.4, -0.2) is 27.8 Å². The van der Waals surface area contributed by atoms with Gasteiger partial charge in [0.05, 0.1) is 6.20 Å². The van der Waals surface area contributed by atoms with Gasteiger partial charge in [0, 0.05) is 29.1 Å². The molecule has 0 bridgehead atoms. The molecule has 0 spiro atoms. The topological polar surface area (TPSA) is 75.2 Å². The maximum atomic E-state index is 13.7. The number of halogens is 2. The highest BCUT2D eigenvalue weighted by Gasteiger charge is 2.35. The summed E-state index contributed by atoms with van der Waals surface area (Å²) >= 11 is 6.07. The van der Waals surface area contributed by atoms with Crippen molar-refractivity contribution >= 4 is 29.1 Å². The van der Waals surface area contributed by atoms with E-state index in [1.54, 1.807) is 24.3 Å². The highest BCUT2D eigenvalue weighted by Crippen LogP contribution is 2.31. The first kappa shape index (κ1) is 22.9. The zero-order chi connectivity index (χ0) is 23.2. The molecule has 3 aromatic rings. The largest absolute Gasteiger partial charge is 0.351 e. The van der Waals surface area contributed by atoms with Gasteiger partial charge in [-0.1, -0.05) is 43.0 Å². The summed E-state index contributed by atoms with van der Waals surface area (Å²) in [6.45, 7) is 0. The Morgan fingerprint density at radius 3 is 2.33 bits per heavy atom. The number of aromatic nitrogens is 2. The number of nitrogens with one attached hydrogen (secondary N) is 1. The molecule has 0 unspecified atom stereocenters. The second-order valence-electron chi connectivity index (χ2n) is 8.04. The van der Waals surface area contributed by atoms with Crippen molar-refractivity contribution < 1.29 is 14.0 Å². The Kier molecular flexibility index (Phi) is 7.29. The van der Waals surface area contributed by atoms with E-state index in [1.807, 2.05) is 0 Å². The first-order chi connectivity index (χ1) is 16.0. The van der Waals surface area contributed by atoms with E-state index in [2.05, 4.69) is 15.3 Å². The number of amides is 2. The summed E-state index contributed by atoms with van der Waals surface area (Å²) in [5, 5.41) is 3.61. The molecule has 8 heteroatoms. The van der Waals surface area contributed by atoms with Gasteiger partial charge in [0.1, 0.15) is 17.6 Å². The van der Waals surface area contributed by atoms with Crippen molar-refractivity contribution in [1.82, 2.24) is 15.3 Å². The van der Waals surface area contributed by atoms with Crippen LogP contribution in [-0.2, 0) is 4.79 Å². The number of carbonyl (C=O) groups excluding carboxylic acids is 2. The van der Waals surface area contributed by atoms with Crippen molar-refractivity contribution in [2.45, 2.75) is 44.2 Å². The number of hydrogen-bond acceptors (Lipinski definition) is 4. The van der Waals surface area contributed by atoms with Gasteiger partial charge in [0.15, 0.2) is 0 Å². The second-order valence-corrected chi connectivity index (χ2v) is 8.48. The van der Waals surface area contributed by atoms with Gasteiger partial charge in [-0.15, -0.1) is 0 Å². The molecule has 2 amide bonds. The van der Waals surface area contributed by atoms with Crippen LogP contribution in [0.2, 0.25) is 5.02 Å². The Morgan fingerprint density at radius 2 is 1.70 bits per heavy atom. The van der Waals surface area contributed by atoms with Gasteiger partial charge in [-0.05, 0) is 54.8 Å². The highest BCUT2D eigenvalue weighted by molar-refractivity contribution is 6.30. The Labute approximate surface area is 196 Å². The molecule has 1 atom stereocenters. The summed E-state index contributed by atoms with van der Waals surface area (Å²) in [6, 6.07) is 11.2. The molecule has 1 saturated carbocycles. The predicted molar refractivity (Wildman–Crippen MR) is 124 cm³/mol. The molecule has 33 heavy (non-hydrogen) atoms. The molecule has 1 heterocycles. The fourth-order valence-electron chi connectivity index (χ4n) is 4.11. The van der Waals surface area contributed by atoms with Gasteiger partial charge >= 0.3 is 0 Å². The van der Waals surface area contributed by atoms with Crippen LogP contribution in [0.15, 0.2) is 67.1 Å². The van der Waals surface area contributed by atoms with Gasteiger partial charge in [0.2, 0.25) is 5.91 Å². The van der Waals surface area contributed by atoms with Crippen LogP contribution in [0.4, 0.5) is 10.1 Å². The zero-order valence-electron chi connectivity index (χ0n) is 18.0. The van der Waals surface area contributed by atoms with Crippen LogP contribution in [0.1, 0.15) is 54.2 Å². The van der Waals surface area contributed by atoms with Gasteiger partial charge in [0.25, 0.3) is 5.91 Å². The molecule has 2 aromatic carbocycles. The summed E-state index contributed by atoms with van der Waals surface area (Å²) in [4.78, 5) is 36.8. The smallest absolute Gasteiger partial charge is 0.279 e. The number of anilines is 1. The van der Waals surface area contributed by atoms with Crippen molar-refractivity contribution in [3.8, 4) is 0 Å². The molecule has 0 aliphatic heterocycles. The van der Waals surface area contributed by atoms with Gasteiger partial charge < -0.3 is 5.32 Å². The Morgan fingerprint density at radius 1 is 1.00 bits per heavy atom. The number of carbonyl (C=O) groups is 2. The third-order valence-corrected chi connectivity index (χ3v) is 6.00. The lowest BCUT2D eigenvalue weighted by Crippen LogP contribution is -2.47. The SMILES string of the molecule is O=C(NC1CCCCC1)[C@H](c1ccc(F)cc1)N(C(=O)c1cnccn1)c1ccc(Cl)cc1. The third kappa shape index (κ3) is 5.54. The molecule has 170 valence electrons. The highest BCUT2D eigenvalue weighted by atomic mass is 35.5. The quantitative estimate of drug-likeness (QED) is 0.548. The molecule has 1 aliphatic rings. The van der Waals surface area contributed by atoms with Crippen molar-refractivity contribution in [2.24, 2.45) is 0 Å². The van der Waals surface area contributed by atoms with Crippen LogP contribution >= 0.6 is 11.6 Å². The molecule has 0 radical (unpaired) electrons. The third-order valence-electron chi connectivity index (χ3n) is 5.75. The molecule has 6 nitrogen and oxygen atoms in total. The molecular formula is C25H24ClFN4O2. The Balaban J connectivity index is 1.79. The number of nitrogens with zero attached hydrogens (tertiary/aromatic N) is 3. The van der Waals surface area contributed by atoms with Crippen molar-refractivity contribution in [2.75, 3.05) is 4.90 Å². The van der Waals surface area contributed by atoms with E-state index >= 15 is 0 Å². The van der Waals surface area contributed by atoms with E-state index in [4.69, 9.17) is 11.6 Å². The van der Waals surface area contributed by atoms with Gasteiger partial charge in [-0.3, -0.25) is 19.5 Å². The fourth-order valence-corrected chi connectivity index (χ4v) is 4.23. The molecule has 0 saturated heterocycles. The standard InChI is InChI=1S/C25H24ClFN4O2/c26-18-8-12-21(13-9-18)31(25(33)22-16-28-14-15-29-22)23(17-6-10-19(27)11-7-17)24(32)30-20-4-2-1-3-5-20/h6-16,20,23H,1-5H2,(H,30,32)/t23-/m0/s1. The molecule has 1 aromatic heterocycles. The molecule has 1 aliphatic carbocycles. The summed E-state index contributed by atoms with van der Waals surface area (Å²) in [5.41, 5.74) is 1.03. The number of rotatable bonds is 6. The molecular weight excluding hydrogens is 443 g/mol. The maximum absolute atomic E-state index is 13.7. The molecule has 1 fully saturated rings. The lowest BCUT2D eigenvalue weighted by Gasteiger charge is -2.33. The average Bonchev–Trinajstić information content (AvgIpc) is 2.85. The predicted octanol–water partition coefficient (Wildman–Crippen LogP) is 5.11. The van der Waals surface area contributed by atoms with Crippen molar-refractivity contribution in [3.05, 3.63) is 89.2 Å². The Bertz CT molecular complexity index is 1090. The Hall–Kier alpha value is -3.32. The first-order valence-corrected chi connectivity index (χ1v) is 11.3. The zero-order valence-corrected chi connectivity index (χ0v) is 18.7. The summed E-state index contributed by atoms with van der Waals surface area (Å²) in [5.74, 6) is -1.26. The van der Waals surface area contributed by atoms with E-state index in [0.717, 1.165) is 32.1 Å². The second kappa shape index (κ2) is 10.5. The lowest BCUT2D eigenvalue weighted by atomic mass is 9.94. The lowest BCUT2D eigenvalue weighted by molar-refractivity contribution is -0.123. The minimum absolute atomic E-state index is 0.0351. The van der Waals surface area contributed by atoms with Gasteiger partial charge in [-0.2, -0.15) is 0 Å². The summed E-state index contributed by atoms with van der Waals surface area (Å²) < 4.78 is 13.7. The van der Waals surface area contributed by atoms with E-state index in [0.29, 0.717) is 16.3 Å². The average molecular weight is 467 g/mol. The monoisotopic (exact) mass is 466 g/mol. The fraction of sp³-hybridized carbons (Fsp3) is 0.280. The summed E-state index contributed by atoms with van der Waals surface area (Å²) in [7, 11) is 0. The van der Waals surface area contributed by atoms with Crippen molar-refractivity contribution in [1.29, 1.82) is 0 Å². The van der Waals surface area contributed by atoms with Crippen LogP contribution < -0.4 is 10.2 Å². The number of benzene rings is 2. The van der Waals surface area contributed by atoms with Crippen LogP contribution in [0.3, 0.4) is 0 Å². The first-order valence-electron chi connectivity index (χ1n) is 10.9. The van der Waals surface area contributed by atoms with Crippen molar-refractivity contribution in [3.63, 3.8) is 0 Å². The number of hydrogen-bond donors (Lipinski definition) is 1. The van der Waals surface area contributed by atoms with Crippen LogP contribution in [0.5, 0.6) is 0 Å². The van der Waals surface area contributed by atoms with Gasteiger partial charge in [-0.25, -0.2) is 9.37 Å². The minimum Gasteiger partial charge on any atom is -0.351 e. The van der Waals surface area contributed by atoms with Crippen LogP contribution in [0.25, 0.3) is 0 Å².